The van der Waals surface area contributed by atoms with Crippen LogP contribution in [0.1, 0.15) is 47.0 Å². The van der Waals surface area contributed by atoms with Gasteiger partial charge in [0, 0.05) is 6.42 Å². The van der Waals surface area contributed by atoms with E-state index in [2.05, 4.69) is 0 Å². The largest absolute Gasteiger partial charge is 0.383 e. The number of rotatable bonds is 4. The molecule has 0 aromatic carbocycles. The molecule has 5 heteroatoms. The fourth-order valence-electron chi connectivity index (χ4n) is 1.22. The first-order chi connectivity index (χ1) is 7.19. The highest BCUT2D eigenvalue weighted by molar-refractivity contribution is 5.96. The van der Waals surface area contributed by atoms with Gasteiger partial charge in [0.05, 0.1) is 0 Å². The molecule has 2 amide bonds. The number of imide groups is 1. The van der Waals surface area contributed by atoms with Gasteiger partial charge in [0.25, 0.3) is 5.91 Å². The predicted octanol–water partition coefficient (Wildman–Crippen LogP) is 0.812. The summed E-state index contributed by atoms with van der Waals surface area (Å²) in [5.41, 5.74) is -0.231. The molecule has 0 saturated carbocycles. The monoisotopic (exact) mass is 230 g/mol. The van der Waals surface area contributed by atoms with E-state index in [1.54, 1.807) is 0 Å². The van der Waals surface area contributed by atoms with Gasteiger partial charge in [0.2, 0.25) is 5.91 Å². The molecule has 16 heavy (non-hydrogen) atoms. The van der Waals surface area contributed by atoms with Crippen molar-refractivity contribution in [2.45, 2.75) is 53.1 Å². The second kappa shape index (κ2) is 5.96. The third-order valence-corrected chi connectivity index (χ3v) is 2.03. The zero-order chi connectivity index (χ0) is 12.9. The SMILES string of the molecule is CCCC(O)C(=O)N(N)C(=O)CC(C)(C)C. The molecule has 0 rings (SSSR count). The number of hydrogen-bond donors (Lipinski definition) is 2. The number of nitrogens with zero attached hydrogens (tertiary/aromatic N) is 1. The van der Waals surface area contributed by atoms with Crippen molar-refractivity contribution in [3.05, 3.63) is 0 Å². The Morgan fingerprint density at radius 1 is 1.38 bits per heavy atom. The summed E-state index contributed by atoms with van der Waals surface area (Å²) < 4.78 is 0. The third-order valence-electron chi connectivity index (χ3n) is 2.03. The van der Waals surface area contributed by atoms with Crippen molar-refractivity contribution < 1.29 is 14.7 Å². The van der Waals surface area contributed by atoms with Crippen molar-refractivity contribution >= 4 is 11.8 Å². The topological polar surface area (TPSA) is 83.6 Å². The Labute approximate surface area is 96.6 Å². The van der Waals surface area contributed by atoms with Crippen LogP contribution in [0.25, 0.3) is 0 Å². The lowest BCUT2D eigenvalue weighted by molar-refractivity contribution is -0.152. The molecular formula is C11H22N2O3. The van der Waals surface area contributed by atoms with Crippen LogP contribution < -0.4 is 5.84 Å². The molecule has 94 valence electrons. The summed E-state index contributed by atoms with van der Waals surface area (Å²) in [6.07, 6.45) is -0.0311. The fraction of sp³-hybridized carbons (Fsp3) is 0.818. The highest BCUT2D eigenvalue weighted by atomic mass is 16.3. The highest BCUT2D eigenvalue weighted by Crippen LogP contribution is 2.19. The van der Waals surface area contributed by atoms with Crippen molar-refractivity contribution in [2.24, 2.45) is 11.3 Å². The first kappa shape index (κ1) is 15.1. The van der Waals surface area contributed by atoms with E-state index in [1.165, 1.54) is 0 Å². The van der Waals surface area contributed by atoms with Crippen LogP contribution in [-0.4, -0.2) is 28.0 Å². The highest BCUT2D eigenvalue weighted by Gasteiger charge is 2.27. The van der Waals surface area contributed by atoms with Gasteiger partial charge >= 0.3 is 0 Å². The van der Waals surface area contributed by atoms with Gasteiger partial charge in [-0.1, -0.05) is 34.1 Å². The molecule has 0 bridgehead atoms. The van der Waals surface area contributed by atoms with Crippen molar-refractivity contribution in [1.29, 1.82) is 0 Å². The summed E-state index contributed by atoms with van der Waals surface area (Å²) in [7, 11) is 0. The average Bonchev–Trinajstić information content (AvgIpc) is 2.13. The predicted molar refractivity (Wildman–Crippen MR) is 61.0 cm³/mol. The van der Waals surface area contributed by atoms with E-state index in [1.807, 2.05) is 27.7 Å². The minimum Gasteiger partial charge on any atom is -0.383 e. The molecule has 0 aliphatic carbocycles. The van der Waals surface area contributed by atoms with Gasteiger partial charge in [-0.2, -0.15) is 0 Å². The van der Waals surface area contributed by atoms with Crippen LogP contribution in [0.15, 0.2) is 0 Å². The second-order valence-electron chi connectivity index (χ2n) is 5.14. The molecular weight excluding hydrogens is 208 g/mol. The van der Waals surface area contributed by atoms with Gasteiger partial charge in [0.1, 0.15) is 6.10 Å². The van der Waals surface area contributed by atoms with Crippen molar-refractivity contribution in [1.82, 2.24) is 5.01 Å². The Hall–Kier alpha value is -0.940. The Kier molecular flexibility index (Phi) is 5.61. The molecule has 0 saturated heterocycles. The Morgan fingerprint density at radius 2 is 1.88 bits per heavy atom. The standard InChI is InChI=1S/C11H22N2O3/c1-5-6-8(14)10(16)13(12)9(15)7-11(2,3)4/h8,14H,5-7,12H2,1-4H3. The number of nitrogens with two attached hydrogens (primary N) is 1. The average molecular weight is 230 g/mol. The van der Waals surface area contributed by atoms with Gasteiger partial charge in [-0.05, 0) is 11.8 Å². The molecule has 1 unspecified atom stereocenters. The number of aliphatic hydroxyl groups is 1. The van der Waals surface area contributed by atoms with Crippen molar-refractivity contribution in [3.8, 4) is 0 Å². The summed E-state index contributed by atoms with van der Waals surface area (Å²) in [6.45, 7) is 7.48. The molecule has 5 nitrogen and oxygen atoms in total. The van der Waals surface area contributed by atoms with Crippen molar-refractivity contribution in [2.75, 3.05) is 0 Å². The zero-order valence-electron chi connectivity index (χ0n) is 10.5. The lowest BCUT2D eigenvalue weighted by Gasteiger charge is -2.23. The maximum absolute atomic E-state index is 11.6. The van der Waals surface area contributed by atoms with Crippen LogP contribution >= 0.6 is 0 Å². The molecule has 0 aromatic rings. The van der Waals surface area contributed by atoms with E-state index in [9.17, 15) is 14.7 Å². The van der Waals surface area contributed by atoms with E-state index in [-0.39, 0.29) is 11.8 Å². The number of hydrogen-bond acceptors (Lipinski definition) is 4. The summed E-state index contributed by atoms with van der Waals surface area (Å²) in [6, 6.07) is 0. The molecule has 0 aliphatic heterocycles. The Bertz CT molecular complexity index is 258. The lowest BCUT2D eigenvalue weighted by atomic mass is 9.92. The second-order valence-corrected chi connectivity index (χ2v) is 5.14. The Morgan fingerprint density at radius 3 is 2.25 bits per heavy atom. The maximum Gasteiger partial charge on any atom is 0.272 e. The molecule has 3 N–H and O–H groups in total. The van der Waals surface area contributed by atoms with Gasteiger partial charge in [-0.15, -0.1) is 0 Å². The summed E-state index contributed by atoms with van der Waals surface area (Å²) in [5.74, 6) is 4.18. The third kappa shape index (κ3) is 5.23. The van der Waals surface area contributed by atoms with Crippen LogP contribution in [0, 0.1) is 5.41 Å². The minimum atomic E-state index is -1.18. The molecule has 0 radical (unpaired) electrons. The van der Waals surface area contributed by atoms with E-state index in [4.69, 9.17) is 5.84 Å². The zero-order valence-corrected chi connectivity index (χ0v) is 10.5. The molecule has 1 atom stereocenters. The molecule has 0 aliphatic rings. The van der Waals surface area contributed by atoms with Crippen LogP contribution in [0.2, 0.25) is 0 Å². The fourth-order valence-corrected chi connectivity index (χ4v) is 1.22. The van der Waals surface area contributed by atoms with E-state index >= 15 is 0 Å². The van der Waals surface area contributed by atoms with E-state index in [0.29, 0.717) is 17.9 Å². The summed E-state index contributed by atoms with van der Waals surface area (Å²) >= 11 is 0. The number of carbonyl (C=O) groups excluding carboxylic acids is 2. The van der Waals surface area contributed by atoms with Gasteiger partial charge in [0.15, 0.2) is 0 Å². The first-order valence-electron chi connectivity index (χ1n) is 5.48. The van der Waals surface area contributed by atoms with Gasteiger partial charge < -0.3 is 5.11 Å². The molecule has 0 aromatic heterocycles. The number of aliphatic hydroxyl groups excluding tert-OH is 1. The maximum atomic E-state index is 11.6. The van der Waals surface area contributed by atoms with Crippen LogP contribution in [0.3, 0.4) is 0 Å². The first-order valence-corrected chi connectivity index (χ1v) is 5.48. The molecule has 0 fully saturated rings. The smallest absolute Gasteiger partial charge is 0.272 e. The normalized spacial score (nSPS) is 13.4. The van der Waals surface area contributed by atoms with Crippen molar-refractivity contribution in [3.63, 3.8) is 0 Å². The van der Waals surface area contributed by atoms with Gasteiger partial charge in [-0.3, -0.25) is 9.59 Å². The molecule has 0 spiro atoms. The summed E-state index contributed by atoms with van der Waals surface area (Å²) in [4.78, 5) is 23.1. The number of hydrazine groups is 1. The number of carbonyl (C=O) groups is 2. The summed E-state index contributed by atoms with van der Waals surface area (Å²) in [5, 5.41) is 9.95. The minimum absolute atomic E-state index is 0.175. The van der Waals surface area contributed by atoms with Crippen LogP contribution in [0.4, 0.5) is 0 Å². The van der Waals surface area contributed by atoms with Crippen LogP contribution in [0.5, 0.6) is 0 Å². The quantitative estimate of drug-likeness (QED) is 0.425. The van der Waals surface area contributed by atoms with E-state index in [0.717, 1.165) is 0 Å². The van der Waals surface area contributed by atoms with E-state index < -0.39 is 17.9 Å². The van der Waals surface area contributed by atoms with Crippen LogP contribution in [-0.2, 0) is 9.59 Å². The molecule has 0 heterocycles. The Balaban J connectivity index is 4.38. The number of amides is 2. The lowest BCUT2D eigenvalue weighted by Crippen LogP contribution is -2.48. The van der Waals surface area contributed by atoms with Gasteiger partial charge in [-0.25, -0.2) is 10.9 Å².